The van der Waals surface area contributed by atoms with Crippen LogP contribution in [0.25, 0.3) is 10.1 Å². The summed E-state index contributed by atoms with van der Waals surface area (Å²) >= 11 is 1.27. The highest BCUT2D eigenvalue weighted by Crippen LogP contribution is 2.42. The zero-order valence-electron chi connectivity index (χ0n) is 9.05. The van der Waals surface area contributed by atoms with E-state index in [0.29, 0.717) is 16.3 Å². The van der Waals surface area contributed by atoms with Crippen molar-refractivity contribution in [2.45, 2.75) is 18.8 Å². The minimum atomic E-state index is -1.46. The Morgan fingerprint density at radius 2 is 2.06 bits per heavy atom. The highest BCUT2D eigenvalue weighted by Gasteiger charge is 2.25. The van der Waals surface area contributed by atoms with Crippen LogP contribution in [0.2, 0.25) is 0 Å². The topological polar surface area (TPSA) is 64.2 Å². The van der Waals surface area contributed by atoms with Gasteiger partial charge in [0.05, 0.1) is 10.3 Å². The van der Waals surface area contributed by atoms with Gasteiger partial charge in [-0.05, 0) is 47.9 Å². The first-order valence-corrected chi connectivity index (χ1v) is 6.34. The summed E-state index contributed by atoms with van der Waals surface area (Å²) in [4.78, 5) is 0. The molecule has 5 heteroatoms. The van der Waals surface area contributed by atoms with Crippen molar-refractivity contribution in [2.75, 3.05) is 0 Å². The van der Waals surface area contributed by atoms with Gasteiger partial charge in [-0.25, -0.2) is 0 Å². The second-order valence-corrected chi connectivity index (χ2v) is 5.48. The van der Waals surface area contributed by atoms with Crippen LogP contribution in [-0.4, -0.2) is 17.2 Å². The Hall–Kier alpha value is -1.35. The molecule has 2 aromatic rings. The smallest absolute Gasteiger partial charge is 0.423 e. The molecule has 1 aromatic heterocycles. The van der Waals surface area contributed by atoms with Crippen molar-refractivity contribution in [3.63, 3.8) is 0 Å². The third-order valence-corrected chi connectivity index (χ3v) is 4.31. The maximum Gasteiger partial charge on any atom is 0.499 e. The largest absolute Gasteiger partial charge is 0.499 e. The molecular weight excluding hydrogens is 233 g/mol. The van der Waals surface area contributed by atoms with Crippen molar-refractivity contribution in [1.82, 2.24) is 0 Å². The van der Waals surface area contributed by atoms with Crippen molar-refractivity contribution in [2.24, 2.45) is 0 Å². The molecule has 2 N–H and O–H groups in total. The van der Waals surface area contributed by atoms with E-state index >= 15 is 0 Å². The van der Waals surface area contributed by atoms with Gasteiger partial charge in [0.1, 0.15) is 6.07 Å². The first-order chi connectivity index (χ1) is 8.19. The predicted octanol–water partition coefficient (Wildman–Crippen LogP) is 1.33. The monoisotopic (exact) mass is 243 g/mol. The van der Waals surface area contributed by atoms with Gasteiger partial charge >= 0.3 is 7.12 Å². The number of hydrogen-bond donors (Lipinski definition) is 2. The second kappa shape index (κ2) is 3.85. The van der Waals surface area contributed by atoms with Crippen molar-refractivity contribution in [3.05, 3.63) is 29.3 Å². The number of hydrogen-bond acceptors (Lipinski definition) is 4. The molecule has 1 aliphatic carbocycles. The fourth-order valence-corrected chi connectivity index (χ4v) is 3.04. The normalized spacial score (nSPS) is 14.9. The third-order valence-electron chi connectivity index (χ3n) is 3.08. The highest BCUT2D eigenvalue weighted by atomic mass is 32.1. The third kappa shape index (κ3) is 1.85. The molecule has 0 amide bonds. The Morgan fingerprint density at radius 3 is 2.65 bits per heavy atom. The van der Waals surface area contributed by atoms with Crippen LogP contribution in [0.3, 0.4) is 0 Å². The van der Waals surface area contributed by atoms with E-state index in [4.69, 9.17) is 15.3 Å². The summed E-state index contributed by atoms with van der Waals surface area (Å²) in [6, 6.07) is 7.95. The molecule has 0 spiro atoms. The van der Waals surface area contributed by atoms with Gasteiger partial charge in [-0.2, -0.15) is 5.26 Å². The van der Waals surface area contributed by atoms with E-state index in [1.54, 1.807) is 6.07 Å². The van der Waals surface area contributed by atoms with Gasteiger partial charge in [0.15, 0.2) is 0 Å². The highest BCUT2D eigenvalue weighted by molar-refractivity contribution is 7.28. The van der Waals surface area contributed by atoms with Crippen LogP contribution in [0.4, 0.5) is 0 Å². The molecule has 1 fully saturated rings. The fourth-order valence-electron chi connectivity index (χ4n) is 2.06. The van der Waals surface area contributed by atoms with E-state index in [1.807, 2.05) is 6.07 Å². The number of rotatable bonds is 2. The van der Waals surface area contributed by atoms with Crippen LogP contribution in [0, 0.1) is 11.3 Å². The van der Waals surface area contributed by atoms with Crippen molar-refractivity contribution in [3.8, 4) is 6.07 Å². The molecule has 1 aromatic carbocycles. The first-order valence-electron chi connectivity index (χ1n) is 5.52. The van der Waals surface area contributed by atoms with E-state index in [9.17, 15) is 0 Å². The first kappa shape index (κ1) is 10.8. The lowest BCUT2D eigenvalue weighted by molar-refractivity contribution is 0.427. The standard InChI is InChI=1S/C12H10BNO2S/c14-6-10-4-8(7-1-2-7)3-9-5-11(13(15)16)17-12(9)10/h3-5,7,15-16H,1-2H2. The molecule has 3 rings (SSSR count). The summed E-state index contributed by atoms with van der Waals surface area (Å²) in [5.74, 6) is 0.592. The Morgan fingerprint density at radius 1 is 1.29 bits per heavy atom. The van der Waals surface area contributed by atoms with Gasteiger partial charge in [-0.1, -0.05) is 0 Å². The van der Waals surface area contributed by atoms with E-state index in [1.165, 1.54) is 29.7 Å². The summed E-state index contributed by atoms with van der Waals surface area (Å²) in [5.41, 5.74) is 1.84. The Kier molecular flexibility index (Phi) is 2.44. The van der Waals surface area contributed by atoms with E-state index in [0.717, 1.165) is 10.1 Å². The second-order valence-electron chi connectivity index (χ2n) is 4.40. The SMILES string of the molecule is N#Cc1cc(C2CC2)cc2cc(B(O)O)sc12. The minimum Gasteiger partial charge on any atom is -0.423 e. The summed E-state index contributed by atoms with van der Waals surface area (Å²) in [7, 11) is -1.46. The lowest BCUT2D eigenvalue weighted by Crippen LogP contribution is -2.26. The minimum absolute atomic E-state index is 0.490. The van der Waals surface area contributed by atoms with Crippen LogP contribution in [0.1, 0.15) is 29.9 Å². The lowest BCUT2D eigenvalue weighted by atomic mass is 9.89. The molecule has 0 aliphatic heterocycles. The molecule has 0 unspecified atom stereocenters. The average molecular weight is 243 g/mol. The number of thiophene rings is 1. The summed E-state index contributed by atoms with van der Waals surface area (Å²) in [6.07, 6.45) is 2.38. The predicted molar refractivity (Wildman–Crippen MR) is 68.3 cm³/mol. The zero-order valence-corrected chi connectivity index (χ0v) is 9.87. The van der Waals surface area contributed by atoms with Gasteiger partial charge < -0.3 is 10.0 Å². The summed E-state index contributed by atoms with van der Waals surface area (Å²) in [6.45, 7) is 0. The Labute approximate surface area is 103 Å². The van der Waals surface area contributed by atoms with E-state index in [-0.39, 0.29) is 0 Å². The fraction of sp³-hybridized carbons (Fsp3) is 0.250. The number of benzene rings is 1. The van der Waals surface area contributed by atoms with Crippen molar-refractivity contribution < 1.29 is 10.0 Å². The van der Waals surface area contributed by atoms with Crippen LogP contribution in [0.15, 0.2) is 18.2 Å². The molecule has 0 radical (unpaired) electrons. The van der Waals surface area contributed by atoms with Gasteiger partial charge in [0.2, 0.25) is 0 Å². The molecule has 0 saturated heterocycles. The molecule has 1 aliphatic rings. The lowest BCUT2D eigenvalue weighted by Gasteiger charge is -2.00. The van der Waals surface area contributed by atoms with Gasteiger partial charge in [-0.3, -0.25) is 0 Å². The molecular formula is C12H10BNO2S. The van der Waals surface area contributed by atoms with Gasteiger partial charge in [-0.15, -0.1) is 11.3 Å². The van der Waals surface area contributed by atoms with Crippen LogP contribution in [-0.2, 0) is 0 Å². The summed E-state index contributed by atoms with van der Waals surface area (Å²) in [5, 5.41) is 28.4. The van der Waals surface area contributed by atoms with Crippen molar-refractivity contribution >= 4 is 33.3 Å². The van der Waals surface area contributed by atoms with Crippen LogP contribution in [0.5, 0.6) is 0 Å². The molecule has 0 bridgehead atoms. The van der Waals surface area contributed by atoms with Crippen LogP contribution >= 0.6 is 11.3 Å². The van der Waals surface area contributed by atoms with E-state index < -0.39 is 7.12 Å². The molecule has 3 nitrogen and oxygen atoms in total. The molecule has 1 heterocycles. The summed E-state index contributed by atoms with van der Waals surface area (Å²) < 4.78 is 1.34. The quantitative estimate of drug-likeness (QED) is 0.782. The molecule has 84 valence electrons. The zero-order chi connectivity index (χ0) is 12.0. The Bertz CT molecular complexity index is 625. The molecule has 0 atom stereocenters. The van der Waals surface area contributed by atoms with E-state index in [2.05, 4.69) is 12.1 Å². The Balaban J connectivity index is 2.22. The maximum absolute atomic E-state index is 9.16. The molecule has 17 heavy (non-hydrogen) atoms. The van der Waals surface area contributed by atoms with Crippen LogP contribution < -0.4 is 4.78 Å². The van der Waals surface area contributed by atoms with Gasteiger partial charge in [0.25, 0.3) is 0 Å². The maximum atomic E-state index is 9.16. The average Bonchev–Trinajstić information content (AvgIpc) is 3.06. The molecule has 1 saturated carbocycles. The number of fused-ring (bicyclic) bond motifs is 1. The number of nitriles is 1. The van der Waals surface area contributed by atoms with Gasteiger partial charge in [0, 0.05) is 4.78 Å². The van der Waals surface area contributed by atoms with Crippen molar-refractivity contribution in [1.29, 1.82) is 5.26 Å². The number of nitrogens with zero attached hydrogens (tertiary/aromatic N) is 1.